The fraction of sp³-hybridized carbons (Fsp3) is 0.385. The molecule has 0 fully saturated rings. The predicted octanol–water partition coefficient (Wildman–Crippen LogP) is 3.61. The Bertz CT molecular complexity index is 642. The van der Waals surface area contributed by atoms with Crippen molar-refractivity contribution in [3.63, 3.8) is 0 Å². The minimum Gasteiger partial charge on any atom is -0.463 e. The van der Waals surface area contributed by atoms with Crippen LogP contribution in [0.25, 0.3) is 0 Å². The molecule has 124 valence electrons. The zero-order chi connectivity index (χ0) is 16.7. The molecule has 10 heteroatoms. The molecule has 0 amide bonds. The van der Waals surface area contributed by atoms with Gasteiger partial charge in [0.2, 0.25) is 0 Å². The average molecular weight is 391 g/mol. The van der Waals surface area contributed by atoms with Crippen LogP contribution < -0.4 is 0 Å². The number of thiazole rings is 1. The Balaban J connectivity index is 1.82. The van der Waals surface area contributed by atoms with Crippen molar-refractivity contribution in [2.75, 3.05) is 19.8 Å². The van der Waals surface area contributed by atoms with Crippen LogP contribution in [0.5, 0.6) is 0 Å². The second kappa shape index (κ2) is 9.36. The van der Waals surface area contributed by atoms with Gasteiger partial charge in [-0.1, -0.05) is 11.8 Å². The van der Waals surface area contributed by atoms with E-state index in [1.807, 2.05) is 0 Å². The van der Waals surface area contributed by atoms with E-state index in [1.165, 1.54) is 44.7 Å². The maximum absolute atomic E-state index is 11.6. The van der Waals surface area contributed by atoms with Crippen LogP contribution in [0.3, 0.4) is 0 Å². The molecule has 0 saturated heterocycles. The molecule has 1 aromatic rings. The summed E-state index contributed by atoms with van der Waals surface area (Å²) in [5, 5.41) is 3.44. The number of rotatable bonds is 6. The monoisotopic (exact) mass is 390 g/mol. The molecule has 0 radical (unpaired) electrons. The Hall–Kier alpha value is -0.970. The van der Waals surface area contributed by atoms with Crippen molar-refractivity contribution in [2.24, 2.45) is 4.99 Å². The number of nitrogens with zero attached hydrogens (tertiary/aromatic N) is 2. The predicted molar refractivity (Wildman–Crippen MR) is 96.1 cm³/mol. The van der Waals surface area contributed by atoms with Gasteiger partial charge in [-0.25, -0.2) is 14.6 Å². The number of ether oxygens (including phenoxy) is 2. The largest absolute Gasteiger partial charge is 0.463 e. The fourth-order valence-corrected chi connectivity index (χ4v) is 5.47. The number of hydrogen-bond donors (Lipinski definition) is 0. The lowest BCUT2D eigenvalue weighted by Crippen LogP contribution is -2.12. The molecule has 0 aromatic carbocycles. The van der Waals surface area contributed by atoms with E-state index in [9.17, 15) is 9.59 Å². The van der Waals surface area contributed by atoms with Crippen LogP contribution in [0.1, 0.15) is 24.3 Å². The number of thioether (sulfide) groups is 1. The van der Waals surface area contributed by atoms with Crippen LogP contribution in [0.2, 0.25) is 0 Å². The molecule has 23 heavy (non-hydrogen) atoms. The lowest BCUT2D eigenvalue weighted by molar-refractivity contribution is -0.138. The maximum Gasteiger partial charge on any atom is 0.357 e. The molecule has 1 aromatic heterocycles. The highest BCUT2D eigenvalue weighted by molar-refractivity contribution is 8.86. The van der Waals surface area contributed by atoms with Crippen LogP contribution in [0.15, 0.2) is 25.7 Å². The van der Waals surface area contributed by atoms with E-state index in [-0.39, 0.29) is 5.97 Å². The molecule has 2 rings (SSSR count). The lowest BCUT2D eigenvalue weighted by atomic mass is 10.3. The molecule has 0 unspecified atom stereocenters. The van der Waals surface area contributed by atoms with E-state index in [4.69, 9.17) is 9.47 Å². The van der Waals surface area contributed by atoms with Crippen LogP contribution in [-0.4, -0.2) is 41.1 Å². The first-order valence-electron chi connectivity index (χ1n) is 6.68. The van der Waals surface area contributed by atoms with Gasteiger partial charge in [-0.3, -0.25) is 4.99 Å². The van der Waals surface area contributed by atoms with Gasteiger partial charge in [0.25, 0.3) is 0 Å². The van der Waals surface area contributed by atoms with Crippen molar-refractivity contribution in [1.29, 1.82) is 0 Å². The standard InChI is InChI=1S/C13H14N2O4S4/c1-3-18-10(16)8-5-14-12(20-6-8)22-23-13-15-9(7-21-13)11(17)19-4-2/h6-7H,3-5H2,1-2H3. The van der Waals surface area contributed by atoms with Crippen molar-refractivity contribution < 1.29 is 19.1 Å². The zero-order valence-electron chi connectivity index (χ0n) is 12.4. The molecule has 0 aliphatic carbocycles. The minimum atomic E-state index is -0.410. The number of hydrogen-bond acceptors (Lipinski definition) is 10. The fourth-order valence-electron chi connectivity index (χ4n) is 1.39. The van der Waals surface area contributed by atoms with E-state index in [2.05, 4.69) is 9.98 Å². The maximum atomic E-state index is 11.6. The summed E-state index contributed by atoms with van der Waals surface area (Å²) in [5.74, 6) is -0.730. The van der Waals surface area contributed by atoms with Crippen molar-refractivity contribution in [1.82, 2.24) is 4.98 Å². The van der Waals surface area contributed by atoms with E-state index in [0.717, 1.165) is 8.72 Å². The second-order valence-corrected chi connectivity index (χ2v) is 8.29. The number of carbonyl (C=O) groups is 2. The quantitative estimate of drug-likeness (QED) is 0.538. The number of carbonyl (C=O) groups excluding carboxylic acids is 2. The van der Waals surface area contributed by atoms with Gasteiger partial charge in [-0.2, -0.15) is 0 Å². The molecule has 0 atom stereocenters. The molecule has 0 spiro atoms. The van der Waals surface area contributed by atoms with Gasteiger partial charge in [0.15, 0.2) is 10.0 Å². The summed E-state index contributed by atoms with van der Waals surface area (Å²) in [7, 11) is 2.87. The number of aliphatic imine (C=N–C) groups is 1. The average Bonchev–Trinajstić information content (AvgIpc) is 3.03. The van der Waals surface area contributed by atoms with E-state index in [0.29, 0.717) is 31.0 Å². The van der Waals surface area contributed by atoms with Gasteiger partial charge in [0.05, 0.1) is 25.3 Å². The summed E-state index contributed by atoms with van der Waals surface area (Å²) in [4.78, 5) is 31.7. The Kier molecular flexibility index (Phi) is 7.47. The first-order valence-corrected chi connectivity index (χ1v) is 10.6. The van der Waals surface area contributed by atoms with Crippen LogP contribution in [0, 0.1) is 0 Å². The first kappa shape index (κ1) is 18.4. The Morgan fingerprint density at radius 2 is 1.96 bits per heavy atom. The SMILES string of the molecule is CCOC(=O)C1=CSC(SSc2nc(C(=O)OCC)cs2)=NC1. The van der Waals surface area contributed by atoms with Gasteiger partial charge in [-0.05, 0) is 40.8 Å². The highest BCUT2D eigenvalue weighted by Gasteiger charge is 2.17. The summed E-state index contributed by atoms with van der Waals surface area (Å²) < 4.78 is 11.4. The minimum absolute atomic E-state index is 0.320. The zero-order valence-corrected chi connectivity index (χ0v) is 15.7. The first-order chi connectivity index (χ1) is 11.1. The van der Waals surface area contributed by atoms with Crippen molar-refractivity contribution >= 4 is 61.0 Å². The van der Waals surface area contributed by atoms with Crippen molar-refractivity contribution in [3.8, 4) is 0 Å². The molecule has 6 nitrogen and oxygen atoms in total. The third kappa shape index (κ3) is 5.55. The topological polar surface area (TPSA) is 77.8 Å². The normalized spacial score (nSPS) is 14.0. The molecule has 1 aliphatic heterocycles. The van der Waals surface area contributed by atoms with Crippen molar-refractivity contribution in [3.05, 3.63) is 22.1 Å². The van der Waals surface area contributed by atoms with Crippen LogP contribution in [0.4, 0.5) is 0 Å². The molecule has 1 aliphatic rings. The molecular formula is C13H14N2O4S4. The third-order valence-electron chi connectivity index (χ3n) is 2.37. The molecule has 0 bridgehead atoms. The molecular weight excluding hydrogens is 376 g/mol. The van der Waals surface area contributed by atoms with E-state index >= 15 is 0 Å². The highest BCUT2D eigenvalue weighted by atomic mass is 33.1. The second-order valence-electron chi connectivity index (χ2n) is 3.95. The molecule has 0 N–H and O–H groups in total. The Morgan fingerprint density at radius 3 is 2.61 bits per heavy atom. The summed E-state index contributed by atoms with van der Waals surface area (Å²) in [6, 6.07) is 0. The summed E-state index contributed by atoms with van der Waals surface area (Å²) in [5.41, 5.74) is 0.882. The summed E-state index contributed by atoms with van der Waals surface area (Å²) in [6.07, 6.45) is 0. The van der Waals surface area contributed by atoms with Gasteiger partial charge in [0, 0.05) is 5.38 Å². The smallest absolute Gasteiger partial charge is 0.357 e. The molecule has 2 heterocycles. The van der Waals surface area contributed by atoms with Gasteiger partial charge in [0.1, 0.15) is 4.38 Å². The van der Waals surface area contributed by atoms with E-state index < -0.39 is 5.97 Å². The Morgan fingerprint density at radius 1 is 1.22 bits per heavy atom. The van der Waals surface area contributed by atoms with E-state index in [1.54, 1.807) is 24.6 Å². The van der Waals surface area contributed by atoms with Crippen LogP contribution in [-0.2, 0) is 14.3 Å². The van der Waals surface area contributed by atoms with Gasteiger partial charge >= 0.3 is 11.9 Å². The number of esters is 2. The number of aromatic nitrogens is 1. The summed E-state index contributed by atoms with van der Waals surface area (Å²) >= 11 is 2.76. The van der Waals surface area contributed by atoms with Gasteiger partial charge < -0.3 is 9.47 Å². The third-order valence-corrected chi connectivity index (χ3v) is 7.23. The van der Waals surface area contributed by atoms with Gasteiger partial charge in [-0.15, -0.1) is 11.3 Å². The highest BCUT2D eigenvalue weighted by Crippen LogP contribution is 2.39. The van der Waals surface area contributed by atoms with Crippen molar-refractivity contribution in [2.45, 2.75) is 18.2 Å². The lowest BCUT2D eigenvalue weighted by Gasteiger charge is -2.10. The Labute approximate surface area is 149 Å². The van der Waals surface area contributed by atoms with Crippen LogP contribution >= 0.6 is 44.7 Å². The summed E-state index contributed by atoms with van der Waals surface area (Å²) in [6.45, 7) is 4.53. The molecule has 0 saturated carbocycles.